The Hall–Kier alpha value is -4.76. The Morgan fingerprint density at radius 2 is 1.79 bits per heavy atom. The molecule has 2 aromatic carbocycles. The number of carbonyl (C=O) groups excluding carboxylic acids is 4. The van der Waals surface area contributed by atoms with E-state index < -0.39 is 65.0 Å². The number of hydrogen-bond acceptors (Lipinski definition) is 10. The van der Waals surface area contributed by atoms with Crippen molar-refractivity contribution in [2.24, 2.45) is 23.5 Å². The fourth-order valence-electron chi connectivity index (χ4n) is 5.38. The van der Waals surface area contributed by atoms with Crippen molar-refractivity contribution >= 4 is 35.6 Å². The van der Waals surface area contributed by atoms with Crippen LogP contribution in [0.3, 0.4) is 0 Å². The van der Waals surface area contributed by atoms with Gasteiger partial charge in [0.15, 0.2) is 7.20 Å². The van der Waals surface area contributed by atoms with Crippen LogP contribution in [0.5, 0.6) is 5.75 Å². The van der Waals surface area contributed by atoms with Gasteiger partial charge in [-0.3, -0.25) is 19.2 Å². The highest BCUT2D eigenvalue weighted by molar-refractivity contribution is 6.11. The largest absolute Gasteiger partial charge is 0.508 e. The van der Waals surface area contributed by atoms with E-state index in [-0.39, 0.29) is 30.2 Å². The molecule has 260 valence electrons. The van der Waals surface area contributed by atoms with Gasteiger partial charge in [-0.1, -0.05) is 51.3 Å². The quantitative estimate of drug-likeness (QED) is 0.0868. The van der Waals surface area contributed by atoms with Crippen LogP contribution in [0.1, 0.15) is 79.7 Å². The molecule has 12 nitrogen and oxygen atoms in total. The van der Waals surface area contributed by atoms with Gasteiger partial charge in [-0.2, -0.15) is 5.26 Å². The number of ketones is 1. The Kier molecular flexibility index (Phi) is 13.1. The van der Waals surface area contributed by atoms with Crippen molar-refractivity contribution in [2.75, 3.05) is 5.31 Å². The fourth-order valence-corrected chi connectivity index (χ4v) is 5.38. The van der Waals surface area contributed by atoms with Crippen LogP contribution in [0.2, 0.25) is 1.41 Å². The first-order chi connectivity index (χ1) is 23.3. The van der Waals surface area contributed by atoms with Crippen LogP contribution in [-0.2, 0) is 35.1 Å². The maximum Gasteiger partial charge on any atom is 0.325 e. The summed E-state index contributed by atoms with van der Waals surface area (Å²) in [6, 6.07) is 9.86. The molecule has 0 saturated carbocycles. The highest BCUT2D eigenvalue weighted by atomic mass is 16.6. The average molecular weight is 667 g/mol. The molecule has 0 aliphatic carbocycles. The van der Waals surface area contributed by atoms with Crippen LogP contribution in [-0.4, -0.2) is 63.3 Å². The molecule has 0 radical (unpaired) electrons. The van der Waals surface area contributed by atoms with Crippen molar-refractivity contribution in [3.63, 3.8) is 0 Å². The number of benzene rings is 2. The summed E-state index contributed by atoms with van der Waals surface area (Å²) >= 11 is 0. The lowest BCUT2D eigenvalue weighted by atomic mass is 9.67. The minimum Gasteiger partial charge on any atom is -0.508 e. The van der Waals surface area contributed by atoms with E-state index in [1.165, 1.54) is 51.1 Å². The van der Waals surface area contributed by atoms with Crippen LogP contribution in [0.4, 0.5) is 5.69 Å². The van der Waals surface area contributed by atoms with Gasteiger partial charge in [0.25, 0.3) is 0 Å². The summed E-state index contributed by atoms with van der Waals surface area (Å²) < 4.78 is 23.7. The highest BCUT2D eigenvalue weighted by Gasteiger charge is 2.60. The molecule has 0 saturated heterocycles. The summed E-state index contributed by atoms with van der Waals surface area (Å²) in [5.74, 6) is -10.3. The maximum atomic E-state index is 14.8. The molecule has 0 aliphatic rings. The van der Waals surface area contributed by atoms with Gasteiger partial charge in [-0.25, -0.2) is 0 Å². The number of unbranched alkanes of at least 4 members (excludes halogenated alkanes) is 1. The van der Waals surface area contributed by atoms with E-state index in [2.05, 4.69) is 5.32 Å². The Labute approximate surface area is 284 Å². The standard InChI is InChI=1S/C36H48N4O8/c1-7-8-10-22(2)17-26(21-41)36(34(47)39-23(3)32(44)45,40-27-11-9-12-28(42)19-27)30(33(46)48-35(4,5)6)31(43)29(38)18-24-13-15-25(20-37)16-14-24/h9,11-16,19,21-23,26,29-30,40,42H,7-8,10,17-18,38H2,1-6H3,(H,39,47)(H,44,45)/t22-,23-,26?,29-,30-,36-/m0/s1/i21D/hD. The average Bonchev–Trinajstić information content (AvgIpc) is 3.03. The van der Waals surface area contributed by atoms with Crippen LogP contribution in [0, 0.1) is 29.1 Å². The number of ether oxygens (including phenoxy) is 1. The summed E-state index contributed by atoms with van der Waals surface area (Å²) in [6.07, 6.45) is 0.147. The zero-order valence-electron chi connectivity index (χ0n) is 30.4. The molecule has 0 bridgehead atoms. The predicted molar refractivity (Wildman–Crippen MR) is 180 cm³/mol. The van der Waals surface area contributed by atoms with Crippen molar-refractivity contribution in [3.05, 3.63) is 59.7 Å². The molecule has 6 atom stereocenters. The van der Waals surface area contributed by atoms with E-state index in [1.807, 2.05) is 13.0 Å². The van der Waals surface area contributed by atoms with Crippen molar-refractivity contribution in [3.8, 4) is 11.8 Å². The van der Waals surface area contributed by atoms with Gasteiger partial charge < -0.3 is 36.1 Å². The smallest absolute Gasteiger partial charge is 0.325 e. The number of carboxylic acid groups (broad SMARTS) is 1. The molecule has 2 aromatic rings. The number of Topliss-reactive ketones (excluding diaryl/α,β-unsaturated/α-hetero) is 1. The SMILES string of the molecule is [2H]C(=O)C(C[C@@H](C)CCCC)[C@@](C(=O)N[C@@H](C)C(=O)O)([C@H](C(=O)OC(C)(C)C)C(=O)[C@@H](N)Cc1ccc(C#N)cc1)N([2H])c1cccc(O)c1. The Morgan fingerprint density at radius 1 is 1.15 bits per heavy atom. The first-order valence-electron chi connectivity index (χ1n) is 16.9. The number of nitrogens with one attached hydrogen (secondary N) is 2. The number of aldehydes is 1. The second-order valence-corrected chi connectivity index (χ2v) is 13.1. The minimum atomic E-state index is -2.96. The summed E-state index contributed by atoms with van der Waals surface area (Å²) in [6.45, 7) is 9.35. The molecule has 0 aromatic heterocycles. The van der Waals surface area contributed by atoms with E-state index >= 15 is 0 Å². The normalized spacial score (nSPS) is 16.3. The van der Waals surface area contributed by atoms with Gasteiger partial charge in [-0.05, 0) is 76.3 Å². The number of esters is 1. The lowest BCUT2D eigenvalue weighted by molar-refractivity contribution is -0.168. The second kappa shape index (κ2) is 17.4. The summed E-state index contributed by atoms with van der Waals surface area (Å²) in [5, 5.41) is 32.0. The fraction of sp³-hybridized carbons (Fsp3) is 0.500. The molecule has 0 fully saturated rings. The van der Waals surface area contributed by atoms with Crippen LogP contribution >= 0.6 is 0 Å². The first kappa shape index (κ1) is 36.1. The van der Waals surface area contributed by atoms with E-state index in [4.69, 9.17) is 11.8 Å². The van der Waals surface area contributed by atoms with Crippen LogP contribution in [0.25, 0.3) is 0 Å². The molecule has 0 aliphatic heterocycles. The van der Waals surface area contributed by atoms with Crippen molar-refractivity contribution < 1.29 is 41.7 Å². The van der Waals surface area contributed by atoms with E-state index in [0.717, 1.165) is 19.4 Å². The number of anilines is 1. The van der Waals surface area contributed by atoms with Crippen molar-refractivity contribution in [2.45, 2.75) is 96.9 Å². The number of phenolic OH excluding ortho intramolecular Hbond substituents is 1. The third-order valence-corrected chi connectivity index (χ3v) is 7.86. The Balaban J connectivity index is 3.09. The van der Waals surface area contributed by atoms with Gasteiger partial charge >= 0.3 is 11.9 Å². The summed E-state index contributed by atoms with van der Waals surface area (Å²) in [7, 11) is 0. The molecule has 2 rings (SSSR count). The van der Waals surface area contributed by atoms with E-state index in [1.54, 1.807) is 19.1 Å². The molecular weight excluding hydrogens is 616 g/mol. The monoisotopic (exact) mass is 666 g/mol. The first-order valence-corrected chi connectivity index (χ1v) is 15.9. The van der Waals surface area contributed by atoms with Gasteiger partial charge in [-0.15, -0.1) is 0 Å². The predicted octanol–water partition coefficient (Wildman–Crippen LogP) is 4.13. The van der Waals surface area contributed by atoms with Crippen molar-refractivity contribution in [1.82, 2.24) is 5.32 Å². The number of nitrogens with zero attached hydrogens (tertiary/aromatic N) is 1. The number of rotatable bonds is 18. The number of amides is 1. The molecule has 0 heterocycles. The Bertz CT molecular complexity index is 1570. The maximum absolute atomic E-state index is 14.8. The third-order valence-electron chi connectivity index (χ3n) is 7.86. The van der Waals surface area contributed by atoms with E-state index in [0.29, 0.717) is 29.3 Å². The lowest BCUT2D eigenvalue weighted by Gasteiger charge is -2.44. The molecular formula is C36H48N4O8. The number of aliphatic carboxylic acids is 1. The molecule has 0 spiro atoms. The summed E-state index contributed by atoms with van der Waals surface area (Å²) in [4.78, 5) is 69.6. The number of nitrogens with two attached hydrogens (primary N) is 1. The topological polar surface area (TPSA) is 209 Å². The minimum absolute atomic E-state index is 0.205. The number of phenols is 1. The zero-order chi connectivity index (χ0) is 38.0. The Morgan fingerprint density at radius 3 is 2.31 bits per heavy atom. The van der Waals surface area contributed by atoms with Gasteiger partial charge in [0.05, 0.1) is 17.7 Å². The number of aromatic hydroxyl groups is 1. The molecule has 1 amide bonds. The lowest BCUT2D eigenvalue weighted by Crippen LogP contribution is -2.69. The number of nitriles is 1. The number of carbonyl (C=O) groups is 5. The molecule has 48 heavy (non-hydrogen) atoms. The van der Waals surface area contributed by atoms with Crippen LogP contribution < -0.4 is 16.4 Å². The van der Waals surface area contributed by atoms with E-state index in [9.17, 15) is 40.9 Å². The third kappa shape index (κ3) is 10.6. The van der Waals surface area contributed by atoms with Crippen molar-refractivity contribution in [1.29, 1.82) is 5.26 Å². The van der Waals surface area contributed by atoms with Gasteiger partial charge in [0, 0.05) is 17.7 Å². The van der Waals surface area contributed by atoms with Gasteiger partial charge in [0.1, 0.15) is 36.5 Å². The second-order valence-electron chi connectivity index (χ2n) is 13.1. The molecule has 12 heteroatoms. The summed E-state index contributed by atoms with van der Waals surface area (Å²) in [5.41, 5.74) is 2.82. The molecule has 6 N–H and O–H groups in total. The number of hydrogen-bond donors (Lipinski definition) is 5. The number of carboxylic acids is 1. The highest BCUT2D eigenvalue weighted by Crippen LogP contribution is 2.39. The zero-order valence-corrected chi connectivity index (χ0v) is 28.4. The molecule has 1 unspecified atom stereocenters. The van der Waals surface area contributed by atoms with Crippen LogP contribution in [0.15, 0.2) is 48.5 Å². The van der Waals surface area contributed by atoms with Gasteiger partial charge in [0.2, 0.25) is 5.91 Å².